The minimum absolute atomic E-state index is 0.247. The number of hydrogen-bond acceptors (Lipinski definition) is 4. The van der Waals surface area contributed by atoms with Gasteiger partial charge in [0.15, 0.2) is 0 Å². The van der Waals surface area contributed by atoms with E-state index in [0.717, 1.165) is 19.7 Å². The van der Waals surface area contributed by atoms with Crippen LogP contribution >= 0.6 is 0 Å². The molecule has 2 fully saturated rings. The van der Waals surface area contributed by atoms with Crippen molar-refractivity contribution in [2.75, 3.05) is 53.5 Å². The molecule has 0 aromatic carbocycles. The summed E-state index contributed by atoms with van der Waals surface area (Å²) in [6.45, 7) is 6.35. The molecule has 2 saturated heterocycles. The maximum absolute atomic E-state index is 6.03. The molecule has 2 N–H and O–H groups in total. The Morgan fingerprint density at radius 1 is 1.44 bits per heavy atom. The smallest absolute Gasteiger partial charge is 0.0503 e. The molecule has 0 radical (unpaired) electrons. The highest BCUT2D eigenvalue weighted by Crippen LogP contribution is 2.31. The highest BCUT2D eigenvalue weighted by atomic mass is 16.5. The molecule has 4 heteroatoms. The average molecular weight is 227 g/mol. The Labute approximate surface area is 98.7 Å². The van der Waals surface area contributed by atoms with Crippen LogP contribution in [0.25, 0.3) is 0 Å². The summed E-state index contributed by atoms with van der Waals surface area (Å²) in [6.07, 6.45) is 2.49. The van der Waals surface area contributed by atoms with Gasteiger partial charge in [0.05, 0.1) is 6.61 Å². The molecule has 0 aromatic rings. The van der Waals surface area contributed by atoms with Gasteiger partial charge in [-0.1, -0.05) is 0 Å². The van der Waals surface area contributed by atoms with Gasteiger partial charge < -0.3 is 15.4 Å². The summed E-state index contributed by atoms with van der Waals surface area (Å²) in [4.78, 5) is 5.01. The summed E-state index contributed by atoms with van der Waals surface area (Å²) in [5.41, 5.74) is 6.28. The molecule has 2 atom stereocenters. The fraction of sp³-hybridized carbons (Fsp3) is 1.00. The number of hydrogen-bond donors (Lipinski definition) is 1. The van der Waals surface area contributed by atoms with Crippen molar-refractivity contribution in [1.29, 1.82) is 0 Å². The van der Waals surface area contributed by atoms with Crippen LogP contribution in [0.2, 0.25) is 0 Å². The Bertz CT molecular complexity index is 236. The van der Waals surface area contributed by atoms with E-state index in [-0.39, 0.29) is 5.54 Å². The van der Waals surface area contributed by atoms with Crippen LogP contribution in [-0.2, 0) is 4.74 Å². The van der Waals surface area contributed by atoms with E-state index in [0.29, 0.717) is 5.92 Å². The fourth-order valence-corrected chi connectivity index (χ4v) is 3.25. The second-order valence-electron chi connectivity index (χ2n) is 5.47. The zero-order valence-corrected chi connectivity index (χ0v) is 10.6. The number of methoxy groups -OCH3 is 1. The summed E-state index contributed by atoms with van der Waals surface area (Å²) < 4.78 is 5.26. The predicted octanol–water partition coefficient (Wildman–Crippen LogP) is -0.0123. The molecule has 0 bridgehead atoms. The molecule has 2 aliphatic rings. The van der Waals surface area contributed by atoms with Crippen LogP contribution in [-0.4, -0.2) is 68.8 Å². The number of ether oxygens (including phenoxy) is 1. The third-order valence-corrected chi connectivity index (χ3v) is 4.26. The van der Waals surface area contributed by atoms with E-state index in [1.165, 1.54) is 32.5 Å². The third-order valence-electron chi connectivity index (χ3n) is 4.26. The van der Waals surface area contributed by atoms with Crippen LogP contribution in [0.3, 0.4) is 0 Å². The van der Waals surface area contributed by atoms with E-state index in [1.807, 2.05) is 0 Å². The number of likely N-dealkylation sites (N-methyl/N-ethyl adjacent to an activating group) is 1. The summed E-state index contributed by atoms with van der Waals surface area (Å²) >= 11 is 0. The zero-order valence-electron chi connectivity index (χ0n) is 10.6. The maximum atomic E-state index is 6.03. The first-order chi connectivity index (χ1) is 7.70. The number of rotatable bonds is 4. The van der Waals surface area contributed by atoms with Crippen molar-refractivity contribution < 1.29 is 4.74 Å². The molecule has 0 spiro atoms. The second-order valence-corrected chi connectivity index (χ2v) is 5.47. The standard InChI is InChI=1S/C12H25N3O/c1-14-6-4-12(9-13,10-14)15-5-3-11(7-15)8-16-2/h11H,3-10,13H2,1-2H3. The number of nitrogens with zero attached hydrogens (tertiary/aromatic N) is 2. The molecule has 2 aliphatic heterocycles. The zero-order chi connectivity index (χ0) is 11.6. The molecule has 94 valence electrons. The highest BCUT2D eigenvalue weighted by molar-refractivity contribution is 5.01. The fourth-order valence-electron chi connectivity index (χ4n) is 3.25. The van der Waals surface area contributed by atoms with Gasteiger partial charge in [-0.3, -0.25) is 4.90 Å². The average Bonchev–Trinajstić information content (AvgIpc) is 2.86. The highest BCUT2D eigenvalue weighted by Gasteiger charge is 2.43. The summed E-state index contributed by atoms with van der Waals surface area (Å²) in [5.74, 6) is 0.708. The molecular formula is C12H25N3O. The molecule has 0 aliphatic carbocycles. The molecule has 16 heavy (non-hydrogen) atoms. The van der Waals surface area contributed by atoms with Gasteiger partial charge in [-0.25, -0.2) is 0 Å². The van der Waals surface area contributed by atoms with E-state index >= 15 is 0 Å². The lowest BCUT2D eigenvalue weighted by Crippen LogP contribution is -2.54. The molecule has 2 unspecified atom stereocenters. The van der Waals surface area contributed by atoms with Crippen molar-refractivity contribution in [3.63, 3.8) is 0 Å². The van der Waals surface area contributed by atoms with Crippen LogP contribution in [0.15, 0.2) is 0 Å². The Morgan fingerprint density at radius 2 is 2.25 bits per heavy atom. The normalized spacial score (nSPS) is 37.3. The van der Waals surface area contributed by atoms with Crippen molar-refractivity contribution in [3.05, 3.63) is 0 Å². The van der Waals surface area contributed by atoms with E-state index in [4.69, 9.17) is 10.5 Å². The van der Waals surface area contributed by atoms with Crippen molar-refractivity contribution >= 4 is 0 Å². The monoisotopic (exact) mass is 227 g/mol. The number of nitrogens with two attached hydrogens (primary N) is 1. The summed E-state index contributed by atoms with van der Waals surface area (Å²) in [5, 5.41) is 0. The topological polar surface area (TPSA) is 41.7 Å². The lowest BCUT2D eigenvalue weighted by Gasteiger charge is -2.38. The van der Waals surface area contributed by atoms with Gasteiger partial charge in [0.2, 0.25) is 0 Å². The Morgan fingerprint density at radius 3 is 2.81 bits per heavy atom. The van der Waals surface area contributed by atoms with Crippen LogP contribution in [0.1, 0.15) is 12.8 Å². The van der Waals surface area contributed by atoms with Gasteiger partial charge in [0.1, 0.15) is 0 Å². The molecule has 4 nitrogen and oxygen atoms in total. The first kappa shape index (κ1) is 12.3. The first-order valence-corrected chi connectivity index (χ1v) is 6.33. The quantitative estimate of drug-likeness (QED) is 0.733. The minimum atomic E-state index is 0.247. The van der Waals surface area contributed by atoms with Crippen molar-refractivity contribution in [3.8, 4) is 0 Å². The summed E-state index contributed by atoms with van der Waals surface area (Å²) in [6, 6.07) is 0. The van der Waals surface area contributed by atoms with Gasteiger partial charge in [-0.2, -0.15) is 0 Å². The third kappa shape index (κ3) is 2.25. The molecular weight excluding hydrogens is 202 g/mol. The van der Waals surface area contributed by atoms with Gasteiger partial charge in [0.25, 0.3) is 0 Å². The Kier molecular flexibility index (Phi) is 3.85. The molecule has 0 saturated carbocycles. The van der Waals surface area contributed by atoms with Gasteiger partial charge in [-0.15, -0.1) is 0 Å². The molecule has 2 heterocycles. The van der Waals surface area contributed by atoms with Crippen molar-refractivity contribution in [2.24, 2.45) is 11.7 Å². The largest absolute Gasteiger partial charge is 0.384 e. The Hall–Kier alpha value is -0.160. The van der Waals surface area contributed by atoms with E-state index in [2.05, 4.69) is 16.8 Å². The number of likely N-dealkylation sites (tertiary alicyclic amines) is 2. The van der Waals surface area contributed by atoms with E-state index < -0.39 is 0 Å². The van der Waals surface area contributed by atoms with Crippen LogP contribution in [0, 0.1) is 5.92 Å². The van der Waals surface area contributed by atoms with Gasteiger partial charge in [0, 0.05) is 32.3 Å². The second kappa shape index (κ2) is 5.00. The molecule has 0 aromatic heterocycles. The van der Waals surface area contributed by atoms with Crippen LogP contribution in [0.4, 0.5) is 0 Å². The van der Waals surface area contributed by atoms with Crippen LogP contribution in [0.5, 0.6) is 0 Å². The van der Waals surface area contributed by atoms with E-state index in [1.54, 1.807) is 7.11 Å². The summed E-state index contributed by atoms with van der Waals surface area (Å²) in [7, 11) is 3.99. The SMILES string of the molecule is COCC1CCN(C2(CN)CCN(C)C2)C1. The Balaban J connectivity index is 1.96. The minimum Gasteiger partial charge on any atom is -0.384 e. The lowest BCUT2D eigenvalue weighted by atomic mass is 9.96. The first-order valence-electron chi connectivity index (χ1n) is 6.33. The van der Waals surface area contributed by atoms with Crippen molar-refractivity contribution in [1.82, 2.24) is 9.80 Å². The predicted molar refractivity (Wildman–Crippen MR) is 65.5 cm³/mol. The molecule has 2 rings (SSSR count). The maximum Gasteiger partial charge on any atom is 0.0503 e. The van der Waals surface area contributed by atoms with Crippen molar-refractivity contribution in [2.45, 2.75) is 18.4 Å². The van der Waals surface area contributed by atoms with E-state index in [9.17, 15) is 0 Å². The van der Waals surface area contributed by atoms with Gasteiger partial charge in [-0.05, 0) is 38.9 Å². The van der Waals surface area contributed by atoms with Crippen LogP contribution < -0.4 is 5.73 Å². The lowest BCUT2D eigenvalue weighted by molar-refractivity contribution is 0.109. The molecule has 0 amide bonds. The van der Waals surface area contributed by atoms with Gasteiger partial charge >= 0.3 is 0 Å².